The smallest absolute Gasteiger partial charge is 0.465 e. The molecule has 0 atom stereocenters. The molecule has 1 aromatic rings. The van der Waals surface area contributed by atoms with E-state index in [2.05, 4.69) is 14.8 Å². The predicted molar refractivity (Wildman–Crippen MR) is 76.2 cm³/mol. The summed E-state index contributed by atoms with van der Waals surface area (Å²) in [5.74, 6) is -0.945. The van der Waals surface area contributed by atoms with Gasteiger partial charge in [-0.15, -0.1) is 13.2 Å². The summed E-state index contributed by atoms with van der Waals surface area (Å²) in [5.41, 5.74) is 0.550. The van der Waals surface area contributed by atoms with E-state index in [1.54, 1.807) is 12.1 Å². The molecule has 2 fully saturated rings. The van der Waals surface area contributed by atoms with Gasteiger partial charge in [0.15, 0.2) is 0 Å². The zero-order valence-electron chi connectivity index (χ0n) is 12.7. The number of hydrogen-bond acceptors (Lipinski definition) is 4. The van der Waals surface area contributed by atoms with Crippen molar-refractivity contribution >= 4 is 5.97 Å². The number of para-hydroxylation sites is 1. The van der Waals surface area contributed by atoms with Crippen molar-refractivity contribution in [1.82, 2.24) is 5.32 Å². The highest BCUT2D eigenvalue weighted by molar-refractivity contribution is 5.93. The maximum absolute atomic E-state index is 12.7. The third-order valence-electron chi connectivity index (χ3n) is 4.67. The van der Waals surface area contributed by atoms with Crippen molar-refractivity contribution in [2.75, 3.05) is 20.2 Å². The lowest BCUT2D eigenvalue weighted by molar-refractivity contribution is -0.275. The molecule has 0 aromatic heterocycles. The van der Waals surface area contributed by atoms with E-state index in [0.717, 1.165) is 33.0 Å². The van der Waals surface area contributed by atoms with Crippen LogP contribution in [0.4, 0.5) is 13.2 Å². The van der Waals surface area contributed by atoms with Gasteiger partial charge >= 0.3 is 12.3 Å². The number of carbonyl (C=O) groups excluding carboxylic acids is 1. The molecule has 4 nitrogen and oxygen atoms in total. The van der Waals surface area contributed by atoms with E-state index in [9.17, 15) is 18.0 Å². The summed E-state index contributed by atoms with van der Waals surface area (Å²) in [5, 5.41) is 3.23. The van der Waals surface area contributed by atoms with Crippen molar-refractivity contribution in [1.29, 1.82) is 0 Å². The number of rotatable bonds is 4. The topological polar surface area (TPSA) is 47.6 Å². The van der Waals surface area contributed by atoms with Gasteiger partial charge in [-0.2, -0.15) is 0 Å². The number of nitrogens with one attached hydrogen (secondary N) is 1. The van der Waals surface area contributed by atoms with Crippen LogP contribution in [0, 0.1) is 11.3 Å². The Morgan fingerprint density at radius 1 is 1.35 bits per heavy atom. The summed E-state index contributed by atoms with van der Waals surface area (Å²) in [6.45, 7) is 1.97. The molecule has 1 spiro atoms. The van der Waals surface area contributed by atoms with E-state index >= 15 is 0 Å². The third kappa shape index (κ3) is 3.29. The third-order valence-corrected chi connectivity index (χ3v) is 4.67. The van der Waals surface area contributed by atoms with Crippen molar-refractivity contribution in [2.45, 2.75) is 25.6 Å². The number of ether oxygens (including phenoxy) is 2. The molecule has 1 aromatic carbocycles. The molecular weight excluding hydrogens is 311 g/mol. The van der Waals surface area contributed by atoms with E-state index < -0.39 is 18.1 Å². The SMILES string of the molecule is COC(=O)c1cccc(CC2CC3(CNC3)C2)c1OC(F)(F)F. The number of alkyl halides is 3. The van der Waals surface area contributed by atoms with Crippen molar-refractivity contribution in [3.8, 4) is 5.75 Å². The molecule has 1 saturated heterocycles. The van der Waals surface area contributed by atoms with Crippen LogP contribution in [0.3, 0.4) is 0 Å². The Bertz CT molecular complexity index is 603. The maximum atomic E-state index is 12.7. The molecule has 1 aliphatic heterocycles. The van der Waals surface area contributed by atoms with Gasteiger partial charge < -0.3 is 14.8 Å². The zero-order chi connectivity index (χ0) is 16.7. The number of halogens is 3. The fraction of sp³-hybridized carbons (Fsp3) is 0.562. The van der Waals surface area contributed by atoms with E-state index in [-0.39, 0.29) is 5.56 Å². The Morgan fingerprint density at radius 2 is 2.04 bits per heavy atom. The number of methoxy groups -OCH3 is 1. The average Bonchev–Trinajstić information content (AvgIpc) is 2.39. The summed E-state index contributed by atoms with van der Waals surface area (Å²) in [7, 11) is 1.13. The monoisotopic (exact) mass is 329 g/mol. The number of hydrogen-bond donors (Lipinski definition) is 1. The van der Waals surface area contributed by atoms with Crippen molar-refractivity contribution in [2.24, 2.45) is 11.3 Å². The predicted octanol–water partition coefficient (Wildman–Crippen LogP) is 2.91. The fourth-order valence-electron chi connectivity index (χ4n) is 3.64. The Balaban J connectivity index is 1.81. The van der Waals surface area contributed by atoms with Gasteiger partial charge in [-0.3, -0.25) is 0 Å². The van der Waals surface area contributed by atoms with E-state index in [1.165, 1.54) is 6.07 Å². The Labute approximate surface area is 132 Å². The average molecular weight is 329 g/mol. The van der Waals surface area contributed by atoms with Gasteiger partial charge in [0.2, 0.25) is 0 Å². The zero-order valence-corrected chi connectivity index (χ0v) is 12.7. The lowest BCUT2D eigenvalue weighted by Crippen LogP contribution is -2.60. The largest absolute Gasteiger partial charge is 0.573 e. The van der Waals surface area contributed by atoms with E-state index in [4.69, 9.17) is 0 Å². The van der Waals surface area contributed by atoms with Crippen molar-refractivity contribution < 1.29 is 27.4 Å². The van der Waals surface area contributed by atoms with Gasteiger partial charge in [0.25, 0.3) is 0 Å². The minimum atomic E-state index is -4.85. The number of benzene rings is 1. The van der Waals surface area contributed by atoms with Crippen LogP contribution >= 0.6 is 0 Å². The van der Waals surface area contributed by atoms with Crippen molar-refractivity contribution in [3.05, 3.63) is 29.3 Å². The van der Waals surface area contributed by atoms with Gasteiger partial charge in [0, 0.05) is 13.1 Å². The minimum absolute atomic E-state index is 0.193. The molecule has 7 heteroatoms. The first-order valence-corrected chi connectivity index (χ1v) is 7.49. The standard InChI is InChI=1S/C16H18F3NO3/c1-22-14(21)12-4-2-3-11(13(12)23-16(17,18)19)5-10-6-15(7-10)8-20-9-15/h2-4,10,20H,5-9H2,1H3. The molecule has 1 saturated carbocycles. The summed E-state index contributed by atoms with van der Waals surface area (Å²) in [4.78, 5) is 11.7. The van der Waals surface area contributed by atoms with Gasteiger partial charge in [0.1, 0.15) is 11.3 Å². The van der Waals surface area contributed by atoms with Gasteiger partial charge in [-0.1, -0.05) is 12.1 Å². The lowest BCUT2D eigenvalue weighted by Gasteiger charge is -2.54. The molecule has 23 heavy (non-hydrogen) atoms. The Kier molecular flexibility index (Phi) is 4.00. The minimum Gasteiger partial charge on any atom is -0.465 e. The molecule has 2 aliphatic rings. The molecule has 1 heterocycles. The van der Waals surface area contributed by atoms with Crippen LogP contribution in [-0.4, -0.2) is 32.5 Å². The quantitative estimate of drug-likeness (QED) is 0.863. The lowest BCUT2D eigenvalue weighted by atomic mass is 9.57. The highest BCUT2D eigenvalue weighted by Crippen LogP contribution is 2.50. The van der Waals surface area contributed by atoms with Crippen LogP contribution < -0.4 is 10.1 Å². The second-order valence-corrected chi connectivity index (χ2v) is 6.42. The first-order chi connectivity index (χ1) is 10.8. The first kappa shape index (κ1) is 16.1. The van der Waals surface area contributed by atoms with Crippen LogP contribution in [0.5, 0.6) is 5.75 Å². The number of carbonyl (C=O) groups is 1. The molecule has 1 N–H and O–H groups in total. The molecule has 0 amide bonds. The fourth-order valence-corrected chi connectivity index (χ4v) is 3.64. The van der Waals surface area contributed by atoms with Crippen LogP contribution in [0.2, 0.25) is 0 Å². The molecular formula is C16H18F3NO3. The van der Waals surface area contributed by atoms with Gasteiger partial charge in [-0.05, 0) is 42.2 Å². The second kappa shape index (κ2) is 5.70. The highest BCUT2D eigenvalue weighted by Gasteiger charge is 2.48. The Hall–Kier alpha value is -1.76. The Morgan fingerprint density at radius 3 is 2.57 bits per heavy atom. The second-order valence-electron chi connectivity index (χ2n) is 6.42. The molecule has 1 aliphatic carbocycles. The van der Waals surface area contributed by atoms with Crippen LogP contribution in [0.25, 0.3) is 0 Å². The maximum Gasteiger partial charge on any atom is 0.573 e. The molecule has 0 unspecified atom stereocenters. The van der Waals surface area contributed by atoms with Gasteiger partial charge in [0.05, 0.1) is 7.11 Å². The highest BCUT2D eigenvalue weighted by atomic mass is 19.4. The first-order valence-electron chi connectivity index (χ1n) is 7.49. The van der Waals surface area contributed by atoms with Crippen LogP contribution in [0.1, 0.15) is 28.8 Å². The molecule has 0 radical (unpaired) electrons. The molecule has 3 rings (SSSR count). The van der Waals surface area contributed by atoms with Crippen LogP contribution in [-0.2, 0) is 11.2 Å². The van der Waals surface area contributed by atoms with Gasteiger partial charge in [-0.25, -0.2) is 4.79 Å². The summed E-state index contributed by atoms with van der Waals surface area (Å²) >= 11 is 0. The molecule has 126 valence electrons. The van der Waals surface area contributed by atoms with Crippen molar-refractivity contribution in [3.63, 3.8) is 0 Å². The number of esters is 1. The molecule has 0 bridgehead atoms. The summed E-state index contributed by atoms with van der Waals surface area (Å²) in [6.07, 6.45) is -2.39. The van der Waals surface area contributed by atoms with E-state index in [1.807, 2.05) is 0 Å². The summed E-state index contributed by atoms with van der Waals surface area (Å²) in [6, 6.07) is 4.43. The van der Waals surface area contributed by atoms with Crippen LogP contribution in [0.15, 0.2) is 18.2 Å². The normalized spacial score (nSPS) is 19.8. The van der Waals surface area contributed by atoms with E-state index in [0.29, 0.717) is 23.3 Å². The summed E-state index contributed by atoms with van der Waals surface area (Å²) < 4.78 is 46.8.